The second-order valence-corrected chi connectivity index (χ2v) is 3.61. The third-order valence-corrected chi connectivity index (χ3v) is 2.43. The summed E-state index contributed by atoms with van der Waals surface area (Å²) in [5, 5.41) is 0. The molecule has 1 nitrogen and oxygen atoms in total. The highest BCUT2D eigenvalue weighted by molar-refractivity contribution is 14.1. The molecule has 0 radical (unpaired) electrons. The molecule has 0 bridgehead atoms. The van der Waals surface area contributed by atoms with Gasteiger partial charge in [-0.1, -0.05) is 12.2 Å². The molecule has 1 aromatic heterocycles. The lowest BCUT2D eigenvalue weighted by molar-refractivity contribution is 0.579. The van der Waals surface area contributed by atoms with Crippen molar-refractivity contribution in [2.24, 2.45) is 0 Å². The second kappa shape index (κ2) is 4.81. The molecule has 0 aromatic carbocycles. The van der Waals surface area contributed by atoms with Crippen molar-refractivity contribution in [2.75, 3.05) is 5.75 Å². The summed E-state index contributed by atoms with van der Waals surface area (Å²) >= 11 is 6.06. The Hall–Kier alpha value is -0.100. The highest BCUT2D eigenvalue weighted by atomic mass is 127. The predicted octanol–water partition coefficient (Wildman–Crippen LogP) is 2.77. The van der Waals surface area contributed by atoms with Crippen LogP contribution in [0.15, 0.2) is 18.3 Å². The Balaban J connectivity index is 3.04. The molecule has 0 fully saturated rings. The highest BCUT2D eigenvalue weighted by Crippen LogP contribution is 2.15. The summed E-state index contributed by atoms with van der Waals surface area (Å²) in [6.07, 6.45) is 4.93. The topological polar surface area (TPSA) is 12.9 Å². The van der Waals surface area contributed by atoms with Crippen molar-refractivity contribution in [1.29, 1.82) is 0 Å². The van der Waals surface area contributed by atoms with E-state index < -0.39 is 5.95 Å². The Labute approximate surface area is 89.6 Å². The summed E-state index contributed by atoms with van der Waals surface area (Å²) in [6.45, 7) is 0. The van der Waals surface area contributed by atoms with Gasteiger partial charge in [-0.2, -0.15) is 17.0 Å². The first-order chi connectivity index (χ1) is 5.75. The lowest BCUT2D eigenvalue weighted by atomic mass is 10.2. The van der Waals surface area contributed by atoms with Crippen LogP contribution in [0.4, 0.5) is 4.39 Å². The van der Waals surface area contributed by atoms with E-state index in [-0.39, 0.29) is 0 Å². The maximum absolute atomic E-state index is 13.0. The van der Waals surface area contributed by atoms with Crippen LogP contribution in [0.5, 0.6) is 0 Å². The van der Waals surface area contributed by atoms with E-state index in [0.29, 0.717) is 11.3 Å². The zero-order chi connectivity index (χ0) is 8.97. The van der Waals surface area contributed by atoms with Gasteiger partial charge in [-0.25, -0.2) is 4.98 Å². The van der Waals surface area contributed by atoms with Crippen LogP contribution in [-0.4, -0.2) is 10.7 Å². The van der Waals surface area contributed by atoms with Crippen LogP contribution in [0, 0.1) is 9.52 Å². The standard InChI is InChI=1S/C8H7FINS/c9-8-6(2-1-5-12)7(10)3-4-11-8/h1-4,12H,5H2. The van der Waals surface area contributed by atoms with Gasteiger partial charge in [0.1, 0.15) is 0 Å². The Kier molecular flexibility index (Phi) is 4.00. The van der Waals surface area contributed by atoms with Crippen LogP contribution >= 0.6 is 35.2 Å². The number of nitrogens with zero attached hydrogens (tertiary/aromatic N) is 1. The fourth-order valence-electron chi connectivity index (χ4n) is 0.745. The number of halogens is 2. The average Bonchev–Trinajstić information content (AvgIpc) is 2.04. The number of hydrogen-bond acceptors (Lipinski definition) is 2. The van der Waals surface area contributed by atoms with Crippen molar-refractivity contribution >= 4 is 41.3 Å². The minimum atomic E-state index is -0.431. The largest absolute Gasteiger partial charge is 0.228 e. The van der Waals surface area contributed by atoms with Crippen LogP contribution < -0.4 is 0 Å². The molecule has 0 saturated carbocycles. The zero-order valence-corrected chi connectivity index (χ0v) is 9.22. The molecule has 0 spiro atoms. The van der Waals surface area contributed by atoms with Gasteiger partial charge in [0.05, 0.1) is 0 Å². The Bertz CT molecular complexity index is 281. The quantitative estimate of drug-likeness (QED) is 0.503. The van der Waals surface area contributed by atoms with Gasteiger partial charge in [0, 0.05) is 21.1 Å². The number of rotatable bonds is 2. The molecule has 64 valence electrons. The molecule has 0 aliphatic rings. The van der Waals surface area contributed by atoms with Crippen molar-refractivity contribution in [2.45, 2.75) is 0 Å². The Morgan fingerprint density at radius 2 is 2.42 bits per heavy atom. The molecule has 0 unspecified atom stereocenters. The fourth-order valence-corrected chi connectivity index (χ4v) is 1.41. The van der Waals surface area contributed by atoms with Gasteiger partial charge in [-0.05, 0) is 28.7 Å². The van der Waals surface area contributed by atoms with E-state index in [1.165, 1.54) is 6.20 Å². The minimum absolute atomic E-state index is 0.431. The van der Waals surface area contributed by atoms with Crippen LogP contribution in [-0.2, 0) is 0 Å². The molecule has 1 aromatic rings. The normalized spacial score (nSPS) is 10.9. The van der Waals surface area contributed by atoms with Crippen molar-refractivity contribution < 1.29 is 4.39 Å². The number of hydrogen-bond donors (Lipinski definition) is 1. The van der Waals surface area contributed by atoms with Gasteiger partial charge in [-0.3, -0.25) is 0 Å². The first kappa shape index (κ1) is 9.98. The molecule has 12 heavy (non-hydrogen) atoms. The number of aromatic nitrogens is 1. The third-order valence-electron chi connectivity index (χ3n) is 1.28. The summed E-state index contributed by atoms with van der Waals surface area (Å²) in [5.41, 5.74) is 0.534. The average molecular weight is 295 g/mol. The molecular weight excluding hydrogens is 288 g/mol. The molecular formula is C8H7FINS. The summed E-state index contributed by atoms with van der Waals surface area (Å²) in [4.78, 5) is 3.55. The van der Waals surface area contributed by atoms with Crippen LogP contribution in [0.3, 0.4) is 0 Å². The summed E-state index contributed by atoms with van der Waals surface area (Å²) < 4.78 is 13.8. The van der Waals surface area contributed by atoms with Gasteiger partial charge in [0.15, 0.2) is 0 Å². The summed E-state index contributed by atoms with van der Waals surface area (Å²) in [5.74, 6) is 0.171. The summed E-state index contributed by atoms with van der Waals surface area (Å²) in [6, 6.07) is 1.77. The van der Waals surface area contributed by atoms with Gasteiger partial charge >= 0.3 is 0 Å². The van der Waals surface area contributed by atoms with E-state index in [9.17, 15) is 4.39 Å². The molecule has 0 atom stereocenters. The highest BCUT2D eigenvalue weighted by Gasteiger charge is 2.02. The maximum atomic E-state index is 13.0. The van der Waals surface area contributed by atoms with Gasteiger partial charge < -0.3 is 0 Å². The molecule has 0 saturated heterocycles. The van der Waals surface area contributed by atoms with Crippen molar-refractivity contribution in [1.82, 2.24) is 4.98 Å². The predicted molar refractivity (Wildman–Crippen MR) is 59.8 cm³/mol. The van der Waals surface area contributed by atoms with E-state index in [1.54, 1.807) is 18.2 Å². The van der Waals surface area contributed by atoms with Crippen molar-refractivity contribution in [3.8, 4) is 0 Å². The molecule has 0 N–H and O–H groups in total. The molecule has 0 amide bonds. The van der Waals surface area contributed by atoms with E-state index in [2.05, 4.69) is 40.2 Å². The van der Waals surface area contributed by atoms with E-state index >= 15 is 0 Å². The van der Waals surface area contributed by atoms with Gasteiger partial charge in [0.2, 0.25) is 5.95 Å². The number of pyridine rings is 1. The molecule has 1 heterocycles. The van der Waals surface area contributed by atoms with Crippen molar-refractivity contribution in [3.63, 3.8) is 0 Å². The molecule has 0 aliphatic heterocycles. The Morgan fingerprint density at radius 3 is 3.00 bits per heavy atom. The SMILES string of the molecule is Fc1nccc(I)c1C=CCS. The fraction of sp³-hybridized carbons (Fsp3) is 0.125. The van der Waals surface area contributed by atoms with Gasteiger partial charge in [-0.15, -0.1) is 0 Å². The minimum Gasteiger partial charge on any atom is -0.228 e. The first-order valence-electron chi connectivity index (χ1n) is 3.33. The van der Waals surface area contributed by atoms with Gasteiger partial charge in [0.25, 0.3) is 0 Å². The van der Waals surface area contributed by atoms with E-state index in [1.807, 2.05) is 0 Å². The van der Waals surface area contributed by atoms with Crippen LogP contribution in [0.25, 0.3) is 6.08 Å². The summed E-state index contributed by atoms with van der Waals surface area (Å²) in [7, 11) is 0. The van der Waals surface area contributed by atoms with E-state index in [4.69, 9.17) is 0 Å². The third kappa shape index (κ3) is 2.45. The molecule has 0 aliphatic carbocycles. The Morgan fingerprint density at radius 1 is 1.67 bits per heavy atom. The lowest BCUT2D eigenvalue weighted by Gasteiger charge is -1.97. The van der Waals surface area contributed by atoms with Crippen LogP contribution in [0.2, 0.25) is 0 Å². The monoisotopic (exact) mass is 295 g/mol. The second-order valence-electron chi connectivity index (χ2n) is 2.08. The van der Waals surface area contributed by atoms with Crippen molar-refractivity contribution in [3.05, 3.63) is 33.4 Å². The first-order valence-corrected chi connectivity index (χ1v) is 5.04. The zero-order valence-electron chi connectivity index (χ0n) is 6.17. The van der Waals surface area contributed by atoms with Crippen LogP contribution in [0.1, 0.15) is 5.56 Å². The number of thiol groups is 1. The molecule has 4 heteroatoms. The maximum Gasteiger partial charge on any atom is 0.221 e. The van der Waals surface area contributed by atoms with E-state index in [0.717, 1.165) is 3.57 Å². The lowest BCUT2D eigenvalue weighted by Crippen LogP contribution is -1.90. The molecule has 1 rings (SSSR count). The smallest absolute Gasteiger partial charge is 0.221 e.